The highest BCUT2D eigenvalue weighted by molar-refractivity contribution is 9.10. The quantitative estimate of drug-likeness (QED) is 0.784. The van der Waals surface area contributed by atoms with Crippen molar-refractivity contribution in [3.05, 3.63) is 64.1 Å². The zero-order valence-corrected chi connectivity index (χ0v) is 14.1. The van der Waals surface area contributed by atoms with Crippen LogP contribution in [0.4, 0.5) is 0 Å². The first kappa shape index (κ1) is 16.1. The standard InChI is InChI=1S/C18H22BrNO/c1-13(3-4-15-5-11-18(21)12-6-15)20-14(2)16-7-9-17(19)10-8-16/h5-14,20-21H,3-4H2,1-2H3/t13?,14-/m0/s1. The lowest BCUT2D eigenvalue weighted by molar-refractivity contribution is 0.456. The number of aromatic hydroxyl groups is 1. The first-order valence-electron chi connectivity index (χ1n) is 7.34. The topological polar surface area (TPSA) is 32.3 Å². The third kappa shape index (κ3) is 5.18. The molecule has 0 saturated heterocycles. The molecule has 0 fully saturated rings. The number of benzene rings is 2. The summed E-state index contributed by atoms with van der Waals surface area (Å²) in [6.07, 6.45) is 2.09. The van der Waals surface area contributed by atoms with Crippen molar-refractivity contribution in [1.82, 2.24) is 5.32 Å². The summed E-state index contributed by atoms with van der Waals surface area (Å²) < 4.78 is 1.11. The fourth-order valence-electron chi connectivity index (χ4n) is 2.40. The van der Waals surface area contributed by atoms with Gasteiger partial charge in [-0.2, -0.15) is 0 Å². The van der Waals surface area contributed by atoms with Crippen LogP contribution in [-0.4, -0.2) is 11.1 Å². The maximum Gasteiger partial charge on any atom is 0.115 e. The molecule has 0 amide bonds. The van der Waals surface area contributed by atoms with Gasteiger partial charge < -0.3 is 10.4 Å². The van der Waals surface area contributed by atoms with Gasteiger partial charge in [0.05, 0.1) is 0 Å². The molecule has 3 heteroatoms. The van der Waals surface area contributed by atoms with E-state index in [1.54, 1.807) is 12.1 Å². The molecule has 2 aromatic rings. The molecule has 21 heavy (non-hydrogen) atoms. The molecule has 0 spiro atoms. The number of hydrogen-bond donors (Lipinski definition) is 2. The van der Waals surface area contributed by atoms with E-state index in [2.05, 4.69) is 59.4 Å². The van der Waals surface area contributed by atoms with Gasteiger partial charge in [0, 0.05) is 16.6 Å². The molecule has 0 radical (unpaired) electrons. The zero-order chi connectivity index (χ0) is 15.2. The van der Waals surface area contributed by atoms with Crippen LogP contribution in [0, 0.1) is 0 Å². The van der Waals surface area contributed by atoms with Gasteiger partial charge in [-0.1, -0.05) is 40.2 Å². The van der Waals surface area contributed by atoms with Crippen LogP contribution in [0.1, 0.15) is 37.4 Å². The summed E-state index contributed by atoms with van der Waals surface area (Å²) in [6, 6.07) is 16.7. The highest BCUT2D eigenvalue weighted by Gasteiger charge is 2.09. The van der Waals surface area contributed by atoms with E-state index in [9.17, 15) is 5.11 Å². The Hall–Kier alpha value is -1.32. The average molecular weight is 348 g/mol. The van der Waals surface area contributed by atoms with E-state index in [1.165, 1.54) is 11.1 Å². The van der Waals surface area contributed by atoms with Gasteiger partial charge >= 0.3 is 0 Å². The number of nitrogens with one attached hydrogen (secondary N) is 1. The Morgan fingerprint density at radius 2 is 1.62 bits per heavy atom. The van der Waals surface area contributed by atoms with Gasteiger partial charge in [-0.25, -0.2) is 0 Å². The molecule has 0 saturated carbocycles. The van der Waals surface area contributed by atoms with E-state index in [-0.39, 0.29) is 0 Å². The van der Waals surface area contributed by atoms with Crippen LogP contribution in [0.5, 0.6) is 5.75 Å². The van der Waals surface area contributed by atoms with Crippen LogP contribution < -0.4 is 5.32 Å². The number of rotatable bonds is 6. The van der Waals surface area contributed by atoms with Crippen LogP contribution >= 0.6 is 15.9 Å². The first-order chi connectivity index (χ1) is 10.0. The molecule has 2 N–H and O–H groups in total. The van der Waals surface area contributed by atoms with Crippen molar-refractivity contribution in [2.45, 2.75) is 38.8 Å². The fraction of sp³-hybridized carbons (Fsp3) is 0.333. The lowest BCUT2D eigenvalue weighted by atomic mass is 10.0. The minimum atomic E-state index is 0.328. The Morgan fingerprint density at radius 3 is 2.24 bits per heavy atom. The highest BCUT2D eigenvalue weighted by Crippen LogP contribution is 2.18. The highest BCUT2D eigenvalue weighted by atomic mass is 79.9. The maximum absolute atomic E-state index is 9.28. The molecule has 0 aliphatic carbocycles. The summed E-state index contributed by atoms with van der Waals surface area (Å²) in [4.78, 5) is 0. The van der Waals surface area contributed by atoms with E-state index >= 15 is 0 Å². The second-order valence-electron chi connectivity index (χ2n) is 5.55. The Labute approximate surface area is 135 Å². The van der Waals surface area contributed by atoms with Crippen molar-refractivity contribution in [2.24, 2.45) is 0 Å². The van der Waals surface area contributed by atoms with Crippen LogP contribution in [-0.2, 0) is 6.42 Å². The molecule has 0 heterocycles. The van der Waals surface area contributed by atoms with E-state index in [0.717, 1.165) is 17.3 Å². The Bertz CT molecular complexity index is 550. The van der Waals surface area contributed by atoms with E-state index in [1.807, 2.05) is 12.1 Å². The summed E-state index contributed by atoms with van der Waals surface area (Å²) in [6.45, 7) is 4.41. The van der Waals surface area contributed by atoms with Crippen LogP contribution in [0.15, 0.2) is 53.0 Å². The first-order valence-corrected chi connectivity index (χ1v) is 8.13. The normalized spacial score (nSPS) is 13.9. The Kier molecular flexibility index (Phi) is 5.83. The molecular weight excluding hydrogens is 326 g/mol. The summed E-state index contributed by atoms with van der Waals surface area (Å²) >= 11 is 3.46. The minimum absolute atomic E-state index is 0.328. The fourth-order valence-corrected chi connectivity index (χ4v) is 2.67. The van der Waals surface area contributed by atoms with Gasteiger partial charge in [0.1, 0.15) is 5.75 Å². The van der Waals surface area contributed by atoms with Gasteiger partial charge in [-0.3, -0.25) is 0 Å². The van der Waals surface area contributed by atoms with E-state index < -0.39 is 0 Å². The van der Waals surface area contributed by atoms with Crippen LogP contribution in [0.25, 0.3) is 0 Å². The average Bonchev–Trinajstić information content (AvgIpc) is 2.47. The number of phenolic OH excluding ortho intramolecular Hbond substituents is 1. The Morgan fingerprint density at radius 1 is 1.00 bits per heavy atom. The monoisotopic (exact) mass is 347 g/mol. The van der Waals surface area contributed by atoms with E-state index in [4.69, 9.17) is 0 Å². The number of hydrogen-bond acceptors (Lipinski definition) is 2. The second kappa shape index (κ2) is 7.62. The molecule has 112 valence electrons. The van der Waals surface area contributed by atoms with E-state index in [0.29, 0.717) is 17.8 Å². The molecule has 1 unspecified atom stereocenters. The van der Waals surface area contributed by atoms with Crippen molar-refractivity contribution < 1.29 is 5.11 Å². The second-order valence-corrected chi connectivity index (χ2v) is 6.46. The number of aryl methyl sites for hydroxylation is 1. The molecule has 0 aliphatic rings. The van der Waals surface area contributed by atoms with Gasteiger partial charge in [-0.05, 0) is 62.1 Å². The minimum Gasteiger partial charge on any atom is -0.508 e. The third-order valence-electron chi connectivity index (χ3n) is 3.71. The number of halogens is 1. The predicted molar refractivity (Wildman–Crippen MR) is 91.6 cm³/mol. The lowest BCUT2D eigenvalue weighted by Gasteiger charge is -2.20. The predicted octanol–water partition coefficient (Wildman–Crippen LogP) is 4.83. The van der Waals surface area contributed by atoms with Gasteiger partial charge in [0.15, 0.2) is 0 Å². The molecule has 0 aliphatic heterocycles. The summed E-state index contributed by atoms with van der Waals surface area (Å²) in [5.41, 5.74) is 2.56. The Balaban J connectivity index is 1.82. The number of phenols is 1. The summed E-state index contributed by atoms with van der Waals surface area (Å²) in [5.74, 6) is 0.328. The van der Waals surface area contributed by atoms with Gasteiger partial charge in [-0.15, -0.1) is 0 Å². The summed E-state index contributed by atoms with van der Waals surface area (Å²) in [7, 11) is 0. The zero-order valence-electron chi connectivity index (χ0n) is 12.5. The molecule has 2 nitrogen and oxygen atoms in total. The van der Waals surface area contributed by atoms with Crippen molar-refractivity contribution in [1.29, 1.82) is 0 Å². The third-order valence-corrected chi connectivity index (χ3v) is 4.24. The maximum atomic E-state index is 9.28. The van der Waals surface area contributed by atoms with Crippen molar-refractivity contribution in [3.8, 4) is 5.75 Å². The molecular formula is C18H22BrNO. The molecule has 0 aromatic heterocycles. The molecule has 2 aromatic carbocycles. The van der Waals surface area contributed by atoms with Crippen LogP contribution in [0.3, 0.4) is 0 Å². The van der Waals surface area contributed by atoms with Crippen molar-refractivity contribution in [2.75, 3.05) is 0 Å². The SMILES string of the molecule is CC(CCc1ccc(O)cc1)N[C@@H](C)c1ccc(Br)cc1. The smallest absolute Gasteiger partial charge is 0.115 e. The molecule has 2 atom stereocenters. The van der Waals surface area contributed by atoms with Crippen molar-refractivity contribution >= 4 is 15.9 Å². The van der Waals surface area contributed by atoms with Gasteiger partial charge in [0.2, 0.25) is 0 Å². The molecule has 0 bridgehead atoms. The molecule has 2 rings (SSSR count). The van der Waals surface area contributed by atoms with Crippen molar-refractivity contribution in [3.63, 3.8) is 0 Å². The van der Waals surface area contributed by atoms with Gasteiger partial charge in [0.25, 0.3) is 0 Å². The largest absolute Gasteiger partial charge is 0.508 e. The van der Waals surface area contributed by atoms with Crippen LogP contribution in [0.2, 0.25) is 0 Å². The summed E-state index contributed by atoms with van der Waals surface area (Å²) in [5, 5.41) is 12.9. The lowest BCUT2D eigenvalue weighted by Crippen LogP contribution is -2.29.